The normalized spacial score (nSPS) is 19.9. The molecule has 1 N–H and O–H groups in total. The molecule has 1 aromatic heterocycles. The number of hydrogen-bond donors (Lipinski definition) is 1. The number of piperazine rings is 1. The summed E-state index contributed by atoms with van der Waals surface area (Å²) in [4.78, 5) is 18.0. The van der Waals surface area contributed by atoms with Gasteiger partial charge < -0.3 is 14.8 Å². The van der Waals surface area contributed by atoms with Crippen LogP contribution in [0.3, 0.4) is 0 Å². The van der Waals surface area contributed by atoms with Gasteiger partial charge in [-0.25, -0.2) is 13.4 Å². The van der Waals surface area contributed by atoms with Crippen molar-refractivity contribution in [3.8, 4) is 0 Å². The minimum Gasteiger partial charge on any atom is -0.337 e. The van der Waals surface area contributed by atoms with Crippen molar-refractivity contribution in [2.24, 2.45) is 7.05 Å². The number of rotatable bonds is 3. The summed E-state index contributed by atoms with van der Waals surface area (Å²) < 4.78 is 30.2. The Labute approximate surface area is 171 Å². The second-order valence-corrected chi connectivity index (χ2v) is 8.83. The lowest BCUT2D eigenvalue weighted by Crippen LogP contribution is -2.49. The standard InChI is InChI=1S/C18H23N5O3S.ClH/c1-13(24)22-8-5-14-11-15(3-4-16(14)22)27(25,26)23-10-6-19-12-17(23)18-20-7-9-21(18)2;/h3-4,7,9,11,17,19H,5-6,8,10,12H2,1-2H3;1H. The van der Waals surface area contributed by atoms with Crippen LogP contribution in [-0.4, -0.2) is 54.4 Å². The lowest BCUT2D eigenvalue weighted by molar-refractivity contribution is -0.116. The highest BCUT2D eigenvalue weighted by Gasteiger charge is 2.37. The maximum absolute atomic E-state index is 13.4. The number of aryl methyl sites for hydroxylation is 1. The van der Waals surface area contributed by atoms with Crippen LogP contribution in [0, 0.1) is 0 Å². The average molecular weight is 426 g/mol. The van der Waals surface area contributed by atoms with Gasteiger partial charge in [0.2, 0.25) is 15.9 Å². The minimum absolute atomic E-state index is 0. The van der Waals surface area contributed by atoms with E-state index in [1.54, 1.807) is 29.3 Å². The second kappa shape index (κ2) is 7.82. The van der Waals surface area contributed by atoms with Gasteiger partial charge in [0.05, 0.1) is 10.9 Å². The molecule has 0 bridgehead atoms. The molecule has 1 amide bonds. The summed E-state index contributed by atoms with van der Waals surface area (Å²) in [6, 6.07) is 4.71. The number of anilines is 1. The van der Waals surface area contributed by atoms with Crippen LogP contribution in [0.4, 0.5) is 5.69 Å². The SMILES string of the molecule is CC(=O)N1CCc2cc(S(=O)(=O)N3CCNCC3c3nccn3C)ccc21.Cl. The fourth-order valence-electron chi connectivity index (χ4n) is 3.89. The first-order chi connectivity index (χ1) is 12.9. The molecule has 1 atom stereocenters. The van der Waals surface area contributed by atoms with Gasteiger partial charge in [-0.3, -0.25) is 4.79 Å². The number of sulfonamides is 1. The summed E-state index contributed by atoms with van der Waals surface area (Å²) in [6.45, 7) is 3.63. The molecule has 28 heavy (non-hydrogen) atoms. The van der Waals surface area contributed by atoms with Crippen LogP contribution in [0.25, 0.3) is 0 Å². The topological polar surface area (TPSA) is 87.5 Å². The molecule has 0 spiro atoms. The van der Waals surface area contributed by atoms with Gasteiger partial charge in [-0.1, -0.05) is 0 Å². The van der Waals surface area contributed by atoms with Gasteiger partial charge in [-0.05, 0) is 30.2 Å². The highest BCUT2D eigenvalue weighted by molar-refractivity contribution is 7.89. The molecule has 0 radical (unpaired) electrons. The van der Waals surface area contributed by atoms with E-state index in [1.165, 1.54) is 11.2 Å². The van der Waals surface area contributed by atoms with E-state index >= 15 is 0 Å². The molecule has 1 saturated heterocycles. The maximum atomic E-state index is 13.4. The highest BCUT2D eigenvalue weighted by atomic mass is 35.5. The van der Waals surface area contributed by atoms with Crippen molar-refractivity contribution in [2.45, 2.75) is 24.3 Å². The number of amides is 1. The molecule has 0 aliphatic carbocycles. The maximum Gasteiger partial charge on any atom is 0.243 e. The number of imidazole rings is 1. The Morgan fingerprint density at radius 3 is 2.75 bits per heavy atom. The van der Waals surface area contributed by atoms with E-state index in [0.717, 1.165) is 17.1 Å². The van der Waals surface area contributed by atoms with Crippen LogP contribution in [0.2, 0.25) is 0 Å². The molecule has 2 aliphatic rings. The fourth-order valence-corrected chi connectivity index (χ4v) is 5.53. The third kappa shape index (κ3) is 3.43. The van der Waals surface area contributed by atoms with Crippen molar-refractivity contribution < 1.29 is 13.2 Å². The van der Waals surface area contributed by atoms with Gasteiger partial charge >= 0.3 is 0 Å². The Balaban J connectivity index is 0.00000225. The Kier molecular flexibility index (Phi) is 5.81. The van der Waals surface area contributed by atoms with Crippen LogP contribution in [0.1, 0.15) is 24.4 Å². The van der Waals surface area contributed by atoms with Gasteiger partial charge in [0, 0.05) is 58.2 Å². The van der Waals surface area contributed by atoms with Crippen molar-refractivity contribution in [3.63, 3.8) is 0 Å². The van der Waals surface area contributed by atoms with E-state index in [-0.39, 0.29) is 29.3 Å². The van der Waals surface area contributed by atoms with Crippen LogP contribution < -0.4 is 10.2 Å². The monoisotopic (exact) mass is 425 g/mol. The Hall–Kier alpha value is -1.94. The van der Waals surface area contributed by atoms with E-state index in [9.17, 15) is 13.2 Å². The first-order valence-electron chi connectivity index (χ1n) is 9.00. The molecule has 8 nitrogen and oxygen atoms in total. The molecule has 10 heteroatoms. The number of fused-ring (bicyclic) bond motifs is 1. The zero-order valence-corrected chi connectivity index (χ0v) is 17.5. The lowest BCUT2D eigenvalue weighted by atomic mass is 10.2. The van der Waals surface area contributed by atoms with Gasteiger partial charge in [0.15, 0.2) is 0 Å². The number of nitrogens with zero attached hydrogens (tertiary/aromatic N) is 4. The number of carbonyl (C=O) groups excluding carboxylic acids is 1. The lowest BCUT2D eigenvalue weighted by Gasteiger charge is -2.34. The number of carbonyl (C=O) groups is 1. The summed E-state index contributed by atoms with van der Waals surface area (Å²) in [5.74, 6) is 0.691. The summed E-state index contributed by atoms with van der Waals surface area (Å²) in [5.41, 5.74) is 1.71. The van der Waals surface area contributed by atoms with E-state index in [1.807, 2.05) is 17.8 Å². The molecule has 152 valence electrons. The van der Waals surface area contributed by atoms with Crippen molar-refractivity contribution in [3.05, 3.63) is 42.0 Å². The van der Waals surface area contributed by atoms with Gasteiger partial charge in [-0.2, -0.15) is 4.31 Å². The summed E-state index contributed by atoms with van der Waals surface area (Å²) in [7, 11) is -1.81. The van der Waals surface area contributed by atoms with E-state index in [0.29, 0.717) is 32.6 Å². The molecule has 1 aromatic carbocycles. The van der Waals surface area contributed by atoms with Crippen molar-refractivity contribution in [2.75, 3.05) is 31.1 Å². The third-order valence-electron chi connectivity index (χ3n) is 5.28. The van der Waals surface area contributed by atoms with Crippen LogP contribution >= 0.6 is 12.4 Å². The van der Waals surface area contributed by atoms with Crippen molar-refractivity contribution in [1.29, 1.82) is 0 Å². The molecule has 1 unspecified atom stereocenters. The number of hydrogen-bond acceptors (Lipinski definition) is 5. The van der Waals surface area contributed by atoms with Crippen LogP contribution in [0.5, 0.6) is 0 Å². The zero-order valence-electron chi connectivity index (χ0n) is 15.8. The van der Waals surface area contributed by atoms with Crippen molar-refractivity contribution in [1.82, 2.24) is 19.2 Å². The molecule has 3 heterocycles. The quantitative estimate of drug-likeness (QED) is 0.795. The molecule has 0 saturated carbocycles. The van der Waals surface area contributed by atoms with Gasteiger partial charge in [0.1, 0.15) is 5.82 Å². The molecule has 4 rings (SSSR count). The predicted octanol–water partition coefficient (Wildman–Crippen LogP) is 1.09. The number of nitrogens with one attached hydrogen (secondary N) is 1. The second-order valence-electron chi connectivity index (χ2n) is 6.94. The first kappa shape index (κ1) is 20.8. The number of halogens is 1. The molecule has 1 fully saturated rings. The summed E-state index contributed by atoms with van der Waals surface area (Å²) >= 11 is 0. The highest BCUT2D eigenvalue weighted by Crippen LogP contribution is 2.33. The summed E-state index contributed by atoms with van der Waals surface area (Å²) in [5, 5.41) is 3.26. The Morgan fingerprint density at radius 1 is 1.29 bits per heavy atom. The number of benzene rings is 1. The van der Waals surface area contributed by atoms with Crippen LogP contribution in [0.15, 0.2) is 35.5 Å². The third-order valence-corrected chi connectivity index (χ3v) is 7.19. The molecule has 2 aliphatic heterocycles. The zero-order chi connectivity index (χ0) is 19.2. The smallest absolute Gasteiger partial charge is 0.243 e. The Bertz CT molecular complexity index is 991. The van der Waals surface area contributed by atoms with E-state index in [2.05, 4.69) is 10.3 Å². The van der Waals surface area contributed by atoms with E-state index in [4.69, 9.17) is 0 Å². The summed E-state index contributed by atoms with van der Waals surface area (Å²) in [6.07, 6.45) is 4.17. The van der Waals surface area contributed by atoms with E-state index < -0.39 is 10.0 Å². The Morgan fingerprint density at radius 2 is 2.07 bits per heavy atom. The number of aromatic nitrogens is 2. The average Bonchev–Trinajstić information content (AvgIpc) is 3.27. The minimum atomic E-state index is -3.68. The van der Waals surface area contributed by atoms with Crippen LogP contribution in [-0.2, 0) is 28.3 Å². The largest absolute Gasteiger partial charge is 0.337 e. The molecular formula is C18H24ClN5O3S. The van der Waals surface area contributed by atoms with Gasteiger partial charge in [0.25, 0.3) is 0 Å². The molecule has 2 aromatic rings. The molecular weight excluding hydrogens is 402 g/mol. The predicted molar refractivity (Wildman–Crippen MR) is 108 cm³/mol. The fraction of sp³-hybridized carbons (Fsp3) is 0.444. The van der Waals surface area contributed by atoms with Gasteiger partial charge in [-0.15, -0.1) is 12.4 Å². The first-order valence-corrected chi connectivity index (χ1v) is 10.4. The van der Waals surface area contributed by atoms with Crippen molar-refractivity contribution >= 4 is 34.0 Å².